The molecule has 0 aliphatic heterocycles. The number of benzene rings is 1. The molecule has 0 bridgehead atoms. The molecular formula is C16H17N3O5. The van der Waals surface area contributed by atoms with Crippen LogP contribution in [0.25, 0.3) is 0 Å². The molecule has 0 aliphatic carbocycles. The van der Waals surface area contributed by atoms with Gasteiger partial charge in [-0.3, -0.25) is 18.7 Å². The maximum absolute atomic E-state index is 12.1. The van der Waals surface area contributed by atoms with Crippen molar-refractivity contribution < 1.29 is 14.3 Å². The lowest BCUT2D eigenvalue weighted by Gasteiger charge is -2.10. The van der Waals surface area contributed by atoms with E-state index < -0.39 is 17.2 Å². The minimum atomic E-state index is -0.629. The van der Waals surface area contributed by atoms with E-state index in [4.69, 9.17) is 4.74 Å². The minimum absolute atomic E-state index is 0.217. The number of hydrogen-bond acceptors (Lipinski definition) is 5. The number of amides is 1. The number of carbonyl (C=O) groups is 2. The summed E-state index contributed by atoms with van der Waals surface area (Å²) in [7, 11) is 2.86. The Labute approximate surface area is 137 Å². The van der Waals surface area contributed by atoms with Crippen LogP contribution in [0.2, 0.25) is 0 Å². The predicted molar refractivity (Wildman–Crippen MR) is 86.8 cm³/mol. The summed E-state index contributed by atoms with van der Waals surface area (Å²) in [5.41, 5.74) is 0.0282. The summed E-state index contributed by atoms with van der Waals surface area (Å²) in [4.78, 5) is 46.6. The van der Waals surface area contributed by atoms with Gasteiger partial charge in [0.25, 0.3) is 5.56 Å². The van der Waals surface area contributed by atoms with Gasteiger partial charge in [0.05, 0.1) is 11.3 Å². The Morgan fingerprint density at radius 2 is 1.83 bits per heavy atom. The number of esters is 1. The third-order valence-corrected chi connectivity index (χ3v) is 3.40. The Morgan fingerprint density at radius 3 is 2.50 bits per heavy atom. The van der Waals surface area contributed by atoms with Gasteiger partial charge in [-0.2, -0.15) is 0 Å². The molecule has 0 fully saturated rings. The summed E-state index contributed by atoms with van der Waals surface area (Å²) < 4.78 is 7.34. The quantitative estimate of drug-likeness (QED) is 0.818. The van der Waals surface area contributed by atoms with E-state index in [1.54, 1.807) is 12.1 Å². The van der Waals surface area contributed by atoms with Crippen molar-refractivity contribution in [3.8, 4) is 0 Å². The van der Waals surface area contributed by atoms with E-state index in [0.717, 1.165) is 4.57 Å². The lowest BCUT2D eigenvalue weighted by Crippen LogP contribution is -2.38. The van der Waals surface area contributed by atoms with E-state index >= 15 is 0 Å². The SMILES string of the molecule is CC(=O)Nc1cccc(C(=O)OCc2cc(=O)n(C)c(=O)n2C)c1. The zero-order valence-corrected chi connectivity index (χ0v) is 13.5. The molecule has 1 aromatic carbocycles. The third kappa shape index (κ3) is 3.78. The molecule has 24 heavy (non-hydrogen) atoms. The van der Waals surface area contributed by atoms with Gasteiger partial charge >= 0.3 is 11.7 Å². The average Bonchev–Trinajstić information content (AvgIpc) is 2.54. The van der Waals surface area contributed by atoms with Gasteiger partial charge in [-0.25, -0.2) is 9.59 Å². The predicted octanol–water partition coefficient (Wildman–Crippen LogP) is 0.399. The van der Waals surface area contributed by atoms with Gasteiger partial charge in [-0.05, 0) is 18.2 Å². The van der Waals surface area contributed by atoms with Crippen LogP contribution in [0.3, 0.4) is 0 Å². The monoisotopic (exact) mass is 331 g/mol. The molecule has 126 valence electrons. The van der Waals surface area contributed by atoms with Crippen LogP contribution in [-0.2, 0) is 30.2 Å². The smallest absolute Gasteiger partial charge is 0.338 e. The van der Waals surface area contributed by atoms with Gasteiger partial charge in [0.1, 0.15) is 6.61 Å². The number of rotatable bonds is 4. The first-order valence-electron chi connectivity index (χ1n) is 7.10. The molecule has 0 unspecified atom stereocenters. The highest BCUT2D eigenvalue weighted by molar-refractivity contribution is 5.93. The summed E-state index contributed by atoms with van der Waals surface area (Å²) in [5.74, 6) is -0.883. The lowest BCUT2D eigenvalue weighted by atomic mass is 10.2. The maximum atomic E-state index is 12.1. The van der Waals surface area contributed by atoms with Gasteiger partial charge < -0.3 is 10.1 Å². The molecule has 0 saturated carbocycles. The molecule has 2 aromatic rings. The Balaban J connectivity index is 2.16. The van der Waals surface area contributed by atoms with Crippen LogP contribution in [0.5, 0.6) is 0 Å². The fourth-order valence-corrected chi connectivity index (χ4v) is 2.07. The highest BCUT2D eigenvalue weighted by Crippen LogP contribution is 2.12. The fourth-order valence-electron chi connectivity index (χ4n) is 2.07. The molecule has 0 saturated heterocycles. The van der Waals surface area contributed by atoms with Crippen molar-refractivity contribution in [3.63, 3.8) is 0 Å². The Kier molecular flexibility index (Phi) is 4.98. The molecule has 8 heteroatoms. The van der Waals surface area contributed by atoms with Crippen LogP contribution in [0.15, 0.2) is 39.9 Å². The number of nitrogens with zero attached hydrogens (tertiary/aromatic N) is 2. The summed E-state index contributed by atoms with van der Waals surface area (Å²) in [5, 5.41) is 2.57. The number of ether oxygens (including phenoxy) is 1. The Bertz CT molecular complexity index is 911. The van der Waals surface area contributed by atoms with Crippen molar-refractivity contribution in [1.29, 1.82) is 0 Å². The Hall–Kier alpha value is -3.16. The van der Waals surface area contributed by atoms with Gasteiger partial charge in [-0.1, -0.05) is 6.07 Å². The topological polar surface area (TPSA) is 99.4 Å². The molecular weight excluding hydrogens is 314 g/mol. The van der Waals surface area contributed by atoms with Crippen molar-refractivity contribution in [2.45, 2.75) is 13.5 Å². The molecule has 1 heterocycles. The first-order chi connectivity index (χ1) is 11.3. The molecule has 1 N–H and O–H groups in total. The second kappa shape index (κ2) is 6.95. The van der Waals surface area contributed by atoms with Crippen molar-refractivity contribution in [2.75, 3.05) is 5.32 Å². The largest absolute Gasteiger partial charge is 0.456 e. The first-order valence-corrected chi connectivity index (χ1v) is 7.10. The highest BCUT2D eigenvalue weighted by Gasteiger charge is 2.11. The summed E-state index contributed by atoms with van der Waals surface area (Å²) in [6.45, 7) is 1.15. The van der Waals surface area contributed by atoms with Crippen LogP contribution in [-0.4, -0.2) is 21.0 Å². The van der Waals surface area contributed by atoms with Crippen molar-refractivity contribution in [3.05, 3.63) is 62.4 Å². The molecule has 1 aromatic heterocycles. The molecule has 1 amide bonds. The molecule has 0 aliphatic rings. The van der Waals surface area contributed by atoms with Gasteiger partial charge in [0.2, 0.25) is 5.91 Å². The average molecular weight is 331 g/mol. The second-order valence-corrected chi connectivity index (χ2v) is 5.21. The first kappa shape index (κ1) is 17.2. The standard InChI is InChI=1S/C16H17N3O5/c1-10(20)17-12-6-4-5-11(7-12)15(22)24-9-13-8-14(21)19(3)16(23)18(13)2/h4-8H,9H2,1-3H3,(H,17,20). The minimum Gasteiger partial charge on any atom is -0.456 e. The van der Waals surface area contributed by atoms with Crippen LogP contribution < -0.4 is 16.6 Å². The van der Waals surface area contributed by atoms with Crippen molar-refractivity contribution >= 4 is 17.6 Å². The summed E-state index contributed by atoms with van der Waals surface area (Å²) in [6, 6.07) is 7.50. The van der Waals surface area contributed by atoms with Crippen molar-refractivity contribution in [1.82, 2.24) is 9.13 Å². The molecule has 0 radical (unpaired) electrons. The van der Waals surface area contributed by atoms with Crippen LogP contribution in [0.1, 0.15) is 23.0 Å². The normalized spacial score (nSPS) is 10.3. The van der Waals surface area contributed by atoms with Gasteiger partial charge in [0, 0.05) is 32.8 Å². The van der Waals surface area contributed by atoms with Crippen molar-refractivity contribution in [2.24, 2.45) is 14.1 Å². The fraction of sp³-hybridized carbons (Fsp3) is 0.250. The van der Waals surface area contributed by atoms with Crippen LogP contribution >= 0.6 is 0 Å². The van der Waals surface area contributed by atoms with Crippen LogP contribution in [0, 0.1) is 0 Å². The van der Waals surface area contributed by atoms with Crippen LogP contribution in [0.4, 0.5) is 5.69 Å². The lowest BCUT2D eigenvalue weighted by molar-refractivity contribution is -0.114. The third-order valence-electron chi connectivity index (χ3n) is 3.40. The number of carbonyl (C=O) groups excluding carboxylic acids is 2. The van der Waals surface area contributed by atoms with Gasteiger partial charge in [-0.15, -0.1) is 0 Å². The van der Waals surface area contributed by atoms with E-state index in [1.807, 2.05) is 0 Å². The zero-order valence-electron chi connectivity index (χ0n) is 13.5. The second-order valence-electron chi connectivity index (χ2n) is 5.21. The van der Waals surface area contributed by atoms with E-state index in [0.29, 0.717) is 5.69 Å². The maximum Gasteiger partial charge on any atom is 0.338 e. The number of anilines is 1. The van der Waals surface area contributed by atoms with E-state index in [9.17, 15) is 19.2 Å². The number of hydrogen-bond donors (Lipinski definition) is 1. The molecule has 8 nitrogen and oxygen atoms in total. The summed E-state index contributed by atoms with van der Waals surface area (Å²) in [6.07, 6.45) is 0. The number of aromatic nitrogens is 2. The highest BCUT2D eigenvalue weighted by atomic mass is 16.5. The van der Waals surface area contributed by atoms with E-state index in [1.165, 1.54) is 43.8 Å². The number of nitrogens with one attached hydrogen (secondary N) is 1. The molecule has 2 rings (SSSR count). The zero-order chi connectivity index (χ0) is 17.9. The molecule has 0 spiro atoms. The van der Waals surface area contributed by atoms with E-state index in [-0.39, 0.29) is 23.8 Å². The van der Waals surface area contributed by atoms with Gasteiger partial charge in [0.15, 0.2) is 0 Å². The summed E-state index contributed by atoms with van der Waals surface area (Å²) >= 11 is 0. The molecule has 0 atom stereocenters. The Morgan fingerprint density at radius 1 is 1.12 bits per heavy atom. The van der Waals surface area contributed by atoms with E-state index in [2.05, 4.69) is 5.32 Å².